The van der Waals surface area contributed by atoms with Crippen molar-refractivity contribution in [1.29, 1.82) is 0 Å². The van der Waals surface area contributed by atoms with E-state index in [-0.39, 0.29) is 18.9 Å². The van der Waals surface area contributed by atoms with Crippen LogP contribution in [0.3, 0.4) is 0 Å². The maximum absolute atomic E-state index is 12.1. The summed E-state index contributed by atoms with van der Waals surface area (Å²) in [6.45, 7) is 3.23. The van der Waals surface area contributed by atoms with Crippen LogP contribution in [0.4, 0.5) is 4.79 Å². The van der Waals surface area contributed by atoms with E-state index in [0.29, 0.717) is 19.4 Å². The zero-order valence-electron chi connectivity index (χ0n) is 15.5. The highest BCUT2D eigenvalue weighted by molar-refractivity contribution is 5.88. The first-order valence-electron chi connectivity index (χ1n) is 8.79. The molecule has 9 nitrogen and oxygen atoms in total. The number of benzene rings is 1. The minimum absolute atomic E-state index is 0.0454. The molecular formula is C19H25N3O6. The molecule has 0 aliphatic carbocycles. The summed E-state index contributed by atoms with van der Waals surface area (Å²) in [4.78, 5) is 45.8. The third-order valence-electron chi connectivity index (χ3n) is 3.64. The van der Waals surface area contributed by atoms with Crippen molar-refractivity contribution < 1.29 is 29.0 Å². The molecule has 0 bridgehead atoms. The zero-order chi connectivity index (χ0) is 20.8. The van der Waals surface area contributed by atoms with Gasteiger partial charge in [0.1, 0.15) is 19.2 Å². The molecule has 3 amide bonds. The molecule has 9 heteroatoms. The monoisotopic (exact) mass is 391 g/mol. The molecular weight excluding hydrogens is 366 g/mol. The van der Waals surface area contributed by atoms with E-state index in [4.69, 9.17) is 9.84 Å². The lowest BCUT2D eigenvalue weighted by molar-refractivity contribution is -0.138. The SMILES string of the molecule is C=CC(=O)NCCCCC(NC(=O)OCc1ccccc1)C(=O)NCC(=O)O. The zero-order valence-corrected chi connectivity index (χ0v) is 15.5. The fourth-order valence-corrected chi connectivity index (χ4v) is 2.22. The number of rotatable bonds is 12. The smallest absolute Gasteiger partial charge is 0.408 e. The topological polar surface area (TPSA) is 134 Å². The van der Waals surface area contributed by atoms with Crippen molar-refractivity contribution in [3.8, 4) is 0 Å². The molecule has 152 valence electrons. The normalized spacial score (nSPS) is 11.0. The summed E-state index contributed by atoms with van der Waals surface area (Å²) in [5.41, 5.74) is 0.794. The van der Waals surface area contributed by atoms with E-state index in [2.05, 4.69) is 22.5 Å². The molecule has 28 heavy (non-hydrogen) atoms. The third-order valence-corrected chi connectivity index (χ3v) is 3.64. The largest absolute Gasteiger partial charge is 0.480 e. The van der Waals surface area contributed by atoms with Gasteiger partial charge in [0.2, 0.25) is 11.8 Å². The molecule has 0 heterocycles. The standard InChI is InChI=1S/C19H25N3O6/c1-2-16(23)20-11-7-6-10-15(18(26)21-12-17(24)25)22-19(27)28-13-14-8-4-3-5-9-14/h2-5,8-9,15H,1,6-7,10-13H2,(H,20,23)(H,21,26)(H,22,27)(H,24,25). The minimum atomic E-state index is -1.19. The van der Waals surface area contributed by atoms with Gasteiger partial charge in [-0.15, -0.1) is 0 Å². The average Bonchev–Trinajstić information content (AvgIpc) is 2.69. The average molecular weight is 391 g/mol. The van der Waals surface area contributed by atoms with Gasteiger partial charge in [0.15, 0.2) is 0 Å². The second-order valence-corrected chi connectivity index (χ2v) is 5.86. The minimum Gasteiger partial charge on any atom is -0.480 e. The Labute approximate surface area is 163 Å². The van der Waals surface area contributed by atoms with Crippen LogP contribution >= 0.6 is 0 Å². The fourth-order valence-electron chi connectivity index (χ4n) is 2.22. The van der Waals surface area contributed by atoms with Gasteiger partial charge in [-0.2, -0.15) is 0 Å². The van der Waals surface area contributed by atoms with E-state index in [1.165, 1.54) is 0 Å². The first kappa shape index (κ1) is 22.7. The summed E-state index contributed by atoms with van der Waals surface area (Å²) in [7, 11) is 0. The number of hydrogen-bond acceptors (Lipinski definition) is 5. The van der Waals surface area contributed by atoms with Gasteiger partial charge in [-0.3, -0.25) is 14.4 Å². The van der Waals surface area contributed by atoms with Gasteiger partial charge in [0.05, 0.1) is 0 Å². The fraction of sp³-hybridized carbons (Fsp3) is 0.368. The molecule has 1 atom stereocenters. The summed E-state index contributed by atoms with van der Waals surface area (Å²) in [5, 5.41) is 16.0. The Balaban J connectivity index is 2.49. The van der Waals surface area contributed by atoms with Crippen LogP contribution in [0.15, 0.2) is 43.0 Å². The number of carboxylic acid groups (broad SMARTS) is 1. The lowest BCUT2D eigenvalue weighted by Gasteiger charge is -2.18. The molecule has 0 spiro atoms. The van der Waals surface area contributed by atoms with Gasteiger partial charge in [0, 0.05) is 6.54 Å². The van der Waals surface area contributed by atoms with Crippen molar-refractivity contribution in [1.82, 2.24) is 16.0 Å². The lowest BCUT2D eigenvalue weighted by Crippen LogP contribution is -2.48. The Morgan fingerprint density at radius 1 is 1.11 bits per heavy atom. The van der Waals surface area contributed by atoms with Crippen molar-refractivity contribution in [2.75, 3.05) is 13.1 Å². The highest BCUT2D eigenvalue weighted by Crippen LogP contribution is 2.04. The molecule has 0 fully saturated rings. The maximum atomic E-state index is 12.1. The van der Waals surface area contributed by atoms with Crippen molar-refractivity contribution in [3.05, 3.63) is 48.6 Å². The number of hydrogen-bond donors (Lipinski definition) is 4. The van der Waals surface area contributed by atoms with E-state index in [1.54, 1.807) is 12.1 Å². The van der Waals surface area contributed by atoms with Gasteiger partial charge < -0.3 is 25.8 Å². The van der Waals surface area contributed by atoms with Crippen molar-refractivity contribution in [3.63, 3.8) is 0 Å². The quantitative estimate of drug-likeness (QED) is 0.310. The first-order valence-corrected chi connectivity index (χ1v) is 8.79. The number of ether oxygens (including phenoxy) is 1. The van der Waals surface area contributed by atoms with Crippen LogP contribution in [0.2, 0.25) is 0 Å². The summed E-state index contributed by atoms with van der Waals surface area (Å²) < 4.78 is 5.09. The van der Waals surface area contributed by atoms with Gasteiger partial charge in [0.25, 0.3) is 0 Å². The number of amides is 3. The Kier molecular flexibility index (Phi) is 10.5. The molecule has 4 N–H and O–H groups in total. The summed E-state index contributed by atoms with van der Waals surface area (Å²) >= 11 is 0. The van der Waals surface area contributed by atoms with Gasteiger partial charge >= 0.3 is 12.1 Å². The van der Waals surface area contributed by atoms with Gasteiger partial charge in [-0.1, -0.05) is 36.9 Å². The van der Waals surface area contributed by atoms with Crippen LogP contribution in [0.5, 0.6) is 0 Å². The summed E-state index contributed by atoms with van der Waals surface area (Å²) in [6.07, 6.45) is 1.73. The van der Waals surface area contributed by atoms with E-state index < -0.39 is 30.6 Å². The maximum Gasteiger partial charge on any atom is 0.408 e. The second-order valence-electron chi connectivity index (χ2n) is 5.86. The molecule has 1 rings (SSSR count). The summed E-state index contributed by atoms with van der Waals surface area (Å²) in [6, 6.07) is 8.10. The summed E-state index contributed by atoms with van der Waals surface area (Å²) in [5.74, 6) is -2.10. The number of alkyl carbamates (subject to hydrolysis) is 1. The highest BCUT2D eigenvalue weighted by atomic mass is 16.5. The molecule has 1 unspecified atom stereocenters. The Bertz CT molecular complexity index is 678. The molecule has 1 aromatic rings. The van der Waals surface area contributed by atoms with Crippen LogP contribution in [-0.4, -0.2) is 48.1 Å². The number of unbranched alkanes of at least 4 members (excludes halogenated alkanes) is 1. The van der Waals surface area contributed by atoms with Crippen molar-refractivity contribution >= 4 is 23.9 Å². The van der Waals surface area contributed by atoms with E-state index in [9.17, 15) is 19.2 Å². The van der Waals surface area contributed by atoms with E-state index >= 15 is 0 Å². The van der Waals surface area contributed by atoms with Crippen molar-refractivity contribution in [2.45, 2.75) is 31.9 Å². The van der Waals surface area contributed by atoms with Gasteiger partial charge in [-0.05, 0) is 30.9 Å². The molecule has 0 aromatic heterocycles. The molecule has 0 aliphatic heterocycles. The predicted octanol–water partition coefficient (Wildman–Crippen LogP) is 0.955. The van der Waals surface area contributed by atoms with Crippen LogP contribution in [0.1, 0.15) is 24.8 Å². The Morgan fingerprint density at radius 2 is 1.82 bits per heavy atom. The number of carbonyl (C=O) groups excluding carboxylic acids is 3. The van der Waals surface area contributed by atoms with Crippen LogP contribution in [0.25, 0.3) is 0 Å². The van der Waals surface area contributed by atoms with Crippen LogP contribution in [0, 0.1) is 0 Å². The van der Waals surface area contributed by atoms with Crippen LogP contribution in [-0.2, 0) is 25.7 Å². The first-order chi connectivity index (χ1) is 13.4. The van der Waals surface area contributed by atoms with E-state index in [0.717, 1.165) is 11.6 Å². The number of aliphatic carboxylic acids is 1. The molecule has 0 saturated carbocycles. The second kappa shape index (κ2) is 12.9. The molecule has 0 aliphatic rings. The van der Waals surface area contributed by atoms with Gasteiger partial charge in [-0.25, -0.2) is 4.79 Å². The third kappa shape index (κ3) is 9.95. The number of carbonyl (C=O) groups is 4. The highest BCUT2D eigenvalue weighted by Gasteiger charge is 2.21. The molecule has 0 saturated heterocycles. The Morgan fingerprint density at radius 3 is 2.46 bits per heavy atom. The number of carboxylic acids is 1. The molecule has 0 radical (unpaired) electrons. The number of nitrogens with one attached hydrogen (secondary N) is 3. The Hall–Kier alpha value is -3.36. The molecule has 1 aromatic carbocycles. The predicted molar refractivity (Wildman–Crippen MR) is 101 cm³/mol. The van der Waals surface area contributed by atoms with E-state index in [1.807, 2.05) is 18.2 Å². The van der Waals surface area contributed by atoms with Crippen LogP contribution < -0.4 is 16.0 Å². The lowest BCUT2D eigenvalue weighted by atomic mass is 10.1. The van der Waals surface area contributed by atoms with Crippen molar-refractivity contribution in [2.24, 2.45) is 0 Å².